The van der Waals surface area contributed by atoms with Crippen molar-refractivity contribution >= 4 is 8.32 Å². The summed E-state index contributed by atoms with van der Waals surface area (Å²) in [7, 11) is -1.80. The van der Waals surface area contributed by atoms with Crippen LogP contribution in [0.1, 0.15) is 54.4 Å². The molecule has 0 bridgehead atoms. The monoisotopic (exact) mass is 318 g/mol. The van der Waals surface area contributed by atoms with E-state index in [9.17, 15) is 5.11 Å². The molecule has 0 aromatic carbocycles. The Morgan fingerprint density at radius 2 is 1.57 bits per heavy atom. The third kappa shape index (κ3) is 4.29. The van der Waals surface area contributed by atoms with Crippen molar-refractivity contribution in [3.63, 3.8) is 0 Å². The Hall–Kier alpha value is 0.0569. The van der Waals surface area contributed by atoms with E-state index in [1.807, 2.05) is 0 Å². The molecule has 1 rings (SSSR count). The van der Waals surface area contributed by atoms with Crippen molar-refractivity contribution < 1.29 is 19.4 Å². The van der Waals surface area contributed by atoms with E-state index in [0.29, 0.717) is 29.7 Å². The highest BCUT2D eigenvalue weighted by atomic mass is 28.4. The van der Waals surface area contributed by atoms with Gasteiger partial charge in [0.1, 0.15) is 0 Å². The van der Waals surface area contributed by atoms with Gasteiger partial charge in [0.05, 0.1) is 13.2 Å². The Labute approximate surface area is 131 Å². The van der Waals surface area contributed by atoms with Crippen molar-refractivity contribution in [3.8, 4) is 0 Å². The van der Waals surface area contributed by atoms with Gasteiger partial charge in [-0.3, -0.25) is 0 Å². The normalized spacial score (nSPS) is 26.1. The summed E-state index contributed by atoms with van der Waals surface area (Å²) in [5, 5.41) is 18.9. The average molecular weight is 319 g/mol. The number of aliphatic hydroxyl groups excluding tert-OH is 1. The molecule has 0 aromatic heterocycles. The molecule has 126 valence electrons. The number of aliphatic hydroxyl groups is 2. The fourth-order valence-electron chi connectivity index (χ4n) is 3.90. The minimum absolute atomic E-state index is 0.0460. The van der Waals surface area contributed by atoms with Crippen LogP contribution in [-0.2, 0) is 9.16 Å². The summed E-state index contributed by atoms with van der Waals surface area (Å²) in [4.78, 5) is 0. The molecule has 1 aliphatic carbocycles. The number of hydrogen-bond acceptors (Lipinski definition) is 4. The van der Waals surface area contributed by atoms with E-state index in [1.165, 1.54) is 0 Å². The van der Waals surface area contributed by atoms with E-state index in [-0.39, 0.29) is 19.1 Å². The minimum Gasteiger partial charge on any atom is -0.416 e. The highest BCUT2D eigenvalue weighted by Crippen LogP contribution is 2.48. The van der Waals surface area contributed by atoms with E-state index >= 15 is 0 Å². The molecule has 4 nitrogen and oxygen atoms in total. The molecule has 0 aliphatic heterocycles. The zero-order chi connectivity index (χ0) is 16.3. The van der Waals surface area contributed by atoms with Crippen LogP contribution in [0.2, 0.25) is 16.6 Å². The predicted molar refractivity (Wildman–Crippen MR) is 87.7 cm³/mol. The molecule has 1 saturated carbocycles. The molecule has 0 heterocycles. The third-order valence-electron chi connectivity index (χ3n) is 4.99. The van der Waals surface area contributed by atoms with Crippen molar-refractivity contribution in [2.75, 3.05) is 19.8 Å². The molecule has 1 aliphatic rings. The summed E-state index contributed by atoms with van der Waals surface area (Å²) in [6, 6.07) is 0. The van der Waals surface area contributed by atoms with Crippen LogP contribution in [0.3, 0.4) is 0 Å². The summed E-state index contributed by atoms with van der Waals surface area (Å²) in [6.07, 6.45) is 1.50. The maximum Gasteiger partial charge on any atom is 0.200 e. The lowest BCUT2D eigenvalue weighted by molar-refractivity contribution is -0.143. The zero-order valence-electron chi connectivity index (χ0n) is 14.6. The van der Waals surface area contributed by atoms with Gasteiger partial charge in [-0.2, -0.15) is 0 Å². The van der Waals surface area contributed by atoms with Gasteiger partial charge >= 0.3 is 0 Å². The van der Waals surface area contributed by atoms with Crippen LogP contribution in [-0.4, -0.2) is 44.1 Å². The van der Waals surface area contributed by atoms with E-state index in [1.54, 1.807) is 0 Å². The first-order chi connectivity index (χ1) is 9.70. The van der Waals surface area contributed by atoms with E-state index < -0.39 is 14.1 Å². The zero-order valence-corrected chi connectivity index (χ0v) is 15.6. The first-order valence-corrected chi connectivity index (χ1v) is 10.5. The molecule has 1 fully saturated rings. The fourth-order valence-corrected chi connectivity index (χ4v) is 9.37. The lowest BCUT2D eigenvalue weighted by Crippen LogP contribution is -2.48. The van der Waals surface area contributed by atoms with Crippen LogP contribution in [0, 0.1) is 5.92 Å². The smallest absolute Gasteiger partial charge is 0.200 e. The third-order valence-corrected chi connectivity index (χ3v) is 11.1. The maximum atomic E-state index is 10.1. The van der Waals surface area contributed by atoms with Gasteiger partial charge in [0.15, 0.2) is 14.1 Å². The van der Waals surface area contributed by atoms with Gasteiger partial charge in [0.25, 0.3) is 0 Å². The van der Waals surface area contributed by atoms with Crippen LogP contribution < -0.4 is 0 Å². The summed E-state index contributed by atoms with van der Waals surface area (Å²) in [5.41, 5.74) is 1.75. The van der Waals surface area contributed by atoms with Crippen LogP contribution in [0.25, 0.3) is 0 Å². The van der Waals surface area contributed by atoms with Gasteiger partial charge < -0.3 is 19.4 Å². The van der Waals surface area contributed by atoms with Crippen LogP contribution in [0.4, 0.5) is 0 Å². The Bertz CT molecular complexity index is 298. The molecule has 21 heavy (non-hydrogen) atoms. The Kier molecular flexibility index (Phi) is 6.87. The number of ether oxygens (including phenoxy) is 1. The van der Waals surface area contributed by atoms with Crippen molar-refractivity contribution in [2.45, 2.75) is 76.8 Å². The second kappa shape index (κ2) is 7.55. The summed E-state index contributed by atoms with van der Waals surface area (Å²) >= 11 is 0. The molecule has 2 N–H and O–H groups in total. The summed E-state index contributed by atoms with van der Waals surface area (Å²) in [5.74, 6) is -0.855. The van der Waals surface area contributed by atoms with Crippen molar-refractivity contribution in [1.82, 2.24) is 0 Å². The fraction of sp³-hybridized carbons (Fsp3) is 1.00. The van der Waals surface area contributed by atoms with Gasteiger partial charge in [-0.15, -0.1) is 0 Å². The molecule has 0 saturated heterocycles. The second-order valence-corrected chi connectivity index (χ2v) is 12.7. The second-order valence-electron chi connectivity index (χ2n) is 7.27. The highest BCUT2D eigenvalue weighted by Gasteiger charge is 2.54. The van der Waals surface area contributed by atoms with Crippen molar-refractivity contribution in [1.29, 1.82) is 0 Å². The molecule has 2 atom stereocenters. The molecule has 0 aromatic rings. The standard InChI is InChI=1S/C16H34O4Si/c1-12(2)21(13(3)4,14(5)6)20-9-7-15-11-16(15,18)19-10-8-17/h12-15,17-18H,7-11H2,1-6H3/t15-,16+/m0/s1. The highest BCUT2D eigenvalue weighted by molar-refractivity contribution is 6.77. The van der Waals surface area contributed by atoms with Crippen LogP contribution in [0.5, 0.6) is 0 Å². The van der Waals surface area contributed by atoms with Crippen molar-refractivity contribution in [2.24, 2.45) is 5.92 Å². The SMILES string of the molecule is CC(C)[Si](OCC[C@H]1C[C@@]1(O)OCCO)(C(C)C)C(C)C. The number of rotatable bonds is 10. The Morgan fingerprint density at radius 1 is 1.05 bits per heavy atom. The largest absolute Gasteiger partial charge is 0.416 e. The molecule has 0 unspecified atom stereocenters. The van der Waals surface area contributed by atoms with Gasteiger partial charge in [-0.1, -0.05) is 41.5 Å². The molecular formula is C16H34O4Si. The molecule has 0 radical (unpaired) electrons. The Balaban J connectivity index is 2.49. The first-order valence-electron chi connectivity index (χ1n) is 8.31. The molecule has 0 spiro atoms. The lowest BCUT2D eigenvalue weighted by atomic mass is 10.3. The van der Waals surface area contributed by atoms with E-state index in [4.69, 9.17) is 14.3 Å². The quantitative estimate of drug-likeness (QED) is 0.479. The van der Waals surface area contributed by atoms with E-state index in [0.717, 1.165) is 6.42 Å². The topological polar surface area (TPSA) is 58.9 Å². The maximum absolute atomic E-state index is 10.1. The lowest BCUT2D eigenvalue weighted by Gasteiger charge is -2.42. The van der Waals surface area contributed by atoms with Gasteiger partial charge in [0.2, 0.25) is 0 Å². The van der Waals surface area contributed by atoms with Gasteiger partial charge in [-0.25, -0.2) is 0 Å². The Morgan fingerprint density at radius 3 is 2.00 bits per heavy atom. The summed E-state index contributed by atoms with van der Waals surface area (Å²) < 4.78 is 11.8. The predicted octanol–water partition coefficient (Wildman–Crippen LogP) is 3.29. The van der Waals surface area contributed by atoms with E-state index in [2.05, 4.69) is 41.5 Å². The first kappa shape index (κ1) is 19.1. The van der Waals surface area contributed by atoms with Crippen LogP contribution in [0.15, 0.2) is 0 Å². The van der Waals surface area contributed by atoms with Gasteiger partial charge in [-0.05, 0) is 23.0 Å². The molecular weight excluding hydrogens is 284 g/mol. The molecule has 0 amide bonds. The van der Waals surface area contributed by atoms with Crippen molar-refractivity contribution in [3.05, 3.63) is 0 Å². The average Bonchev–Trinajstić information content (AvgIpc) is 3.02. The summed E-state index contributed by atoms with van der Waals surface area (Å²) in [6.45, 7) is 14.6. The van der Waals surface area contributed by atoms with Gasteiger partial charge in [0, 0.05) is 18.9 Å². The number of hydrogen-bond donors (Lipinski definition) is 2. The minimum atomic E-state index is -1.80. The molecule has 5 heteroatoms. The van der Waals surface area contributed by atoms with Crippen LogP contribution >= 0.6 is 0 Å².